The number of sulfonamides is 1. The molecule has 2 aromatic carbocycles. The van der Waals surface area contributed by atoms with E-state index >= 15 is 0 Å². The van der Waals surface area contributed by atoms with Gasteiger partial charge in [0.1, 0.15) is 11.9 Å². The molecule has 0 saturated carbocycles. The van der Waals surface area contributed by atoms with Crippen molar-refractivity contribution in [3.05, 3.63) is 88.1 Å². The lowest BCUT2D eigenvalue weighted by Gasteiger charge is -2.43. The van der Waals surface area contributed by atoms with Crippen LogP contribution in [-0.2, 0) is 16.6 Å². The van der Waals surface area contributed by atoms with Gasteiger partial charge in [0, 0.05) is 48.4 Å². The summed E-state index contributed by atoms with van der Waals surface area (Å²) in [6, 6.07) is 17.6. The Hall–Kier alpha value is -3.28. The number of aromatic nitrogens is 1. The van der Waals surface area contributed by atoms with Crippen LogP contribution in [0.25, 0.3) is 11.1 Å². The minimum Gasteiger partial charge on any atom is -0.311 e. The van der Waals surface area contributed by atoms with Gasteiger partial charge in [-0.1, -0.05) is 30.3 Å². The Balaban J connectivity index is 1.61. The number of hydrogen-bond donors (Lipinski definition) is 0. The molecule has 32 heavy (non-hydrogen) atoms. The molecule has 6 nitrogen and oxygen atoms in total. The molecule has 2 atom stereocenters. The molecule has 2 bridgehead atoms. The van der Waals surface area contributed by atoms with Crippen LogP contribution in [0, 0.1) is 23.1 Å². The molecule has 5 rings (SSSR count). The van der Waals surface area contributed by atoms with Gasteiger partial charge in [-0.25, -0.2) is 12.8 Å². The number of hydrogen-bond acceptors (Lipinski definition) is 4. The summed E-state index contributed by atoms with van der Waals surface area (Å²) in [6.07, 6.45) is 0.719. The number of benzene rings is 2. The second-order valence-corrected chi connectivity index (χ2v) is 10.2. The van der Waals surface area contributed by atoms with E-state index in [-0.39, 0.29) is 46.8 Å². The number of fused-ring (bicyclic) bond motifs is 4. The highest BCUT2D eigenvalue weighted by Crippen LogP contribution is 2.41. The molecule has 3 heterocycles. The van der Waals surface area contributed by atoms with Gasteiger partial charge in [0.15, 0.2) is 0 Å². The normalized spacial score (nSPS) is 20.4. The van der Waals surface area contributed by atoms with Crippen molar-refractivity contribution in [2.24, 2.45) is 5.92 Å². The topological polar surface area (TPSA) is 83.2 Å². The summed E-state index contributed by atoms with van der Waals surface area (Å²) in [5, 5.41) is 9.38. The Labute approximate surface area is 185 Å². The Kier molecular flexibility index (Phi) is 4.96. The van der Waals surface area contributed by atoms with Crippen molar-refractivity contribution in [1.82, 2.24) is 8.87 Å². The fraction of sp³-hybridized carbons (Fsp3) is 0.250. The van der Waals surface area contributed by atoms with Gasteiger partial charge in [0.05, 0.1) is 10.5 Å². The molecule has 0 aliphatic carbocycles. The molecule has 8 heteroatoms. The molecule has 0 spiro atoms. The standard InChI is InChI=1S/C24H20FN3O3S/c25-21-7-3-2-6-19(21)20-9-10-23(29)28-14-16-11-18(24(20)28)15-27(13-16)32(30,31)22-8-4-1-5-17(22)12-26/h1-10,16,18H,11,13-15H2/t16-,18-/m1/s1. The van der Waals surface area contributed by atoms with Crippen molar-refractivity contribution < 1.29 is 12.8 Å². The predicted molar refractivity (Wildman–Crippen MR) is 117 cm³/mol. The first-order valence-corrected chi connectivity index (χ1v) is 11.8. The zero-order valence-electron chi connectivity index (χ0n) is 17.1. The van der Waals surface area contributed by atoms with Gasteiger partial charge in [0.25, 0.3) is 5.56 Å². The highest BCUT2D eigenvalue weighted by atomic mass is 32.2. The average molecular weight is 450 g/mol. The first-order chi connectivity index (χ1) is 15.4. The third-order valence-electron chi connectivity index (χ3n) is 6.35. The summed E-state index contributed by atoms with van der Waals surface area (Å²) in [5.41, 5.74) is 1.62. The lowest BCUT2D eigenvalue weighted by molar-refractivity contribution is 0.187. The van der Waals surface area contributed by atoms with E-state index in [9.17, 15) is 22.9 Å². The van der Waals surface area contributed by atoms with Gasteiger partial charge in [0.2, 0.25) is 10.0 Å². The summed E-state index contributed by atoms with van der Waals surface area (Å²) in [4.78, 5) is 12.6. The zero-order valence-corrected chi connectivity index (χ0v) is 17.9. The molecule has 1 fully saturated rings. The largest absolute Gasteiger partial charge is 0.311 e. The average Bonchev–Trinajstić information content (AvgIpc) is 2.80. The van der Waals surface area contributed by atoms with Crippen molar-refractivity contribution in [3.63, 3.8) is 0 Å². The first-order valence-electron chi connectivity index (χ1n) is 10.4. The lowest BCUT2D eigenvalue weighted by Crippen LogP contribution is -2.49. The van der Waals surface area contributed by atoms with Crippen molar-refractivity contribution in [2.75, 3.05) is 13.1 Å². The molecular formula is C24H20FN3O3S. The fourth-order valence-electron chi connectivity index (χ4n) is 5.00. The number of pyridine rings is 1. The second-order valence-electron chi connectivity index (χ2n) is 8.29. The summed E-state index contributed by atoms with van der Waals surface area (Å²) >= 11 is 0. The predicted octanol–water partition coefficient (Wildman–Crippen LogP) is 3.33. The van der Waals surface area contributed by atoms with Crippen LogP contribution in [0.2, 0.25) is 0 Å². The molecule has 0 N–H and O–H groups in total. The number of halogens is 1. The summed E-state index contributed by atoms with van der Waals surface area (Å²) in [5.74, 6) is -0.687. The van der Waals surface area contributed by atoms with Gasteiger partial charge >= 0.3 is 0 Å². The van der Waals surface area contributed by atoms with E-state index in [0.717, 1.165) is 6.42 Å². The van der Waals surface area contributed by atoms with Crippen molar-refractivity contribution >= 4 is 10.0 Å². The number of nitrogens with zero attached hydrogens (tertiary/aromatic N) is 3. The molecule has 3 aromatic rings. The summed E-state index contributed by atoms with van der Waals surface area (Å²) in [7, 11) is -3.90. The van der Waals surface area contributed by atoms with E-state index in [1.807, 2.05) is 6.07 Å². The van der Waals surface area contributed by atoms with Gasteiger partial charge in [-0.2, -0.15) is 9.57 Å². The quantitative estimate of drug-likeness (QED) is 0.614. The molecular weight excluding hydrogens is 429 g/mol. The molecule has 162 valence electrons. The number of rotatable bonds is 3. The van der Waals surface area contributed by atoms with Gasteiger partial charge in [-0.05, 0) is 36.6 Å². The zero-order chi connectivity index (χ0) is 22.5. The van der Waals surface area contributed by atoms with Crippen LogP contribution in [0.5, 0.6) is 0 Å². The summed E-state index contributed by atoms with van der Waals surface area (Å²) < 4.78 is 44.6. The monoisotopic (exact) mass is 449 g/mol. The van der Waals surface area contributed by atoms with E-state index in [1.54, 1.807) is 41.0 Å². The van der Waals surface area contributed by atoms with Crippen molar-refractivity contribution in [2.45, 2.75) is 23.8 Å². The minimum atomic E-state index is -3.90. The smallest absolute Gasteiger partial charge is 0.250 e. The molecule has 0 unspecified atom stereocenters. The van der Waals surface area contributed by atoms with Crippen molar-refractivity contribution in [3.8, 4) is 17.2 Å². The maximum absolute atomic E-state index is 14.6. The van der Waals surface area contributed by atoms with Crippen LogP contribution < -0.4 is 5.56 Å². The Morgan fingerprint density at radius 2 is 1.69 bits per heavy atom. The maximum Gasteiger partial charge on any atom is 0.250 e. The third kappa shape index (κ3) is 3.25. The van der Waals surface area contributed by atoms with Crippen LogP contribution in [0.1, 0.15) is 23.6 Å². The van der Waals surface area contributed by atoms with Gasteiger partial charge < -0.3 is 4.57 Å². The first kappa shape index (κ1) is 20.6. The molecule has 0 amide bonds. The highest BCUT2D eigenvalue weighted by molar-refractivity contribution is 7.89. The Bertz CT molecular complexity index is 1420. The van der Waals surface area contributed by atoms with Crippen LogP contribution in [0.3, 0.4) is 0 Å². The highest BCUT2D eigenvalue weighted by Gasteiger charge is 2.41. The SMILES string of the molecule is N#Cc1ccccc1S(=O)(=O)N1C[C@H]2C[C@H](C1)c1c(-c3ccccc3F)ccc(=O)n1C2. The van der Waals surface area contributed by atoms with E-state index in [2.05, 4.69) is 0 Å². The number of nitriles is 1. The van der Waals surface area contributed by atoms with E-state index in [4.69, 9.17) is 0 Å². The van der Waals surface area contributed by atoms with Crippen LogP contribution >= 0.6 is 0 Å². The molecule has 1 saturated heterocycles. The maximum atomic E-state index is 14.6. The summed E-state index contributed by atoms with van der Waals surface area (Å²) in [6.45, 7) is 0.816. The van der Waals surface area contributed by atoms with E-state index < -0.39 is 10.0 Å². The van der Waals surface area contributed by atoms with Gasteiger partial charge in [-0.3, -0.25) is 4.79 Å². The van der Waals surface area contributed by atoms with Crippen LogP contribution in [-0.4, -0.2) is 30.4 Å². The third-order valence-corrected chi connectivity index (χ3v) is 8.24. The van der Waals surface area contributed by atoms with Gasteiger partial charge in [-0.15, -0.1) is 0 Å². The Morgan fingerprint density at radius 1 is 0.938 bits per heavy atom. The van der Waals surface area contributed by atoms with E-state index in [0.29, 0.717) is 23.4 Å². The number of piperidine rings is 1. The molecule has 2 aliphatic rings. The fourth-order valence-corrected chi connectivity index (χ4v) is 6.70. The second kappa shape index (κ2) is 7.69. The molecule has 1 aromatic heterocycles. The lowest BCUT2D eigenvalue weighted by atomic mass is 9.81. The van der Waals surface area contributed by atoms with Crippen molar-refractivity contribution in [1.29, 1.82) is 5.26 Å². The molecule has 0 radical (unpaired) electrons. The van der Waals surface area contributed by atoms with Crippen LogP contribution in [0.4, 0.5) is 4.39 Å². The molecule has 2 aliphatic heterocycles. The Morgan fingerprint density at radius 3 is 2.47 bits per heavy atom. The van der Waals surface area contributed by atoms with E-state index in [1.165, 1.54) is 28.6 Å². The minimum absolute atomic E-state index is 0.0118. The van der Waals surface area contributed by atoms with Crippen LogP contribution in [0.15, 0.2) is 70.4 Å².